The van der Waals surface area contributed by atoms with Gasteiger partial charge in [0.1, 0.15) is 0 Å². The highest BCUT2D eigenvalue weighted by Gasteiger charge is 2.23. The van der Waals surface area contributed by atoms with E-state index >= 15 is 0 Å². The predicted molar refractivity (Wildman–Crippen MR) is 256 cm³/mol. The molecule has 0 atom stereocenters. The molecule has 0 N–H and O–H groups in total. The van der Waals surface area contributed by atoms with Crippen molar-refractivity contribution in [3.63, 3.8) is 0 Å². The zero-order chi connectivity index (χ0) is 48.8. The highest BCUT2D eigenvalue weighted by Crippen LogP contribution is 2.42. The molecule has 0 fully saturated rings. The molecule has 62 heavy (non-hydrogen) atoms. The molecule has 0 unspecified atom stereocenters. The summed E-state index contributed by atoms with van der Waals surface area (Å²) in [6, 6.07) is 51.5. The van der Waals surface area contributed by atoms with E-state index in [2.05, 4.69) is 89.5 Å². The van der Waals surface area contributed by atoms with Crippen LogP contribution in [0.3, 0.4) is 0 Å². The Balaban J connectivity index is 1.13. The van der Waals surface area contributed by atoms with Gasteiger partial charge in [0, 0.05) is 38.4 Å². The van der Waals surface area contributed by atoms with Crippen LogP contribution in [0.5, 0.6) is 0 Å². The van der Waals surface area contributed by atoms with E-state index in [-0.39, 0.29) is 23.2 Å². The monoisotopic (exact) mass is 800 g/mol. The lowest BCUT2D eigenvalue weighted by molar-refractivity contribution is 0.953. The quantitative estimate of drug-likeness (QED) is 0.161. The van der Waals surface area contributed by atoms with Crippen LogP contribution in [0.25, 0.3) is 111 Å². The van der Waals surface area contributed by atoms with Gasteiger partial charge in [-0.2, -0.15) is 9.97 Å². The van der Waals surface area contributed by atoms with E-state index in [1.165, 1.54) is 0 Å². The van der Waals surface area contributed by atoms with Crippen LogP contribution in [-0.4, -0.2) is 24.1 Å². The van der Waals surface area contributed by atoms with Gasteiger partial charge in [0.05, 0.1) is 34.4 Å². The van der Waals surface area contributed by atoms with Crippen LogP contribution in [0.15, 0.2) is 224 Å². The summed E-state index contributed by atoms with van der Waals surface area (Å²) in [5, 5.41) is 3.85. The van der Waals surface area contributed by atoms with Gasteiger partial charge in [-0.15, -0.1) is 0 Å². The molecule has 0 radical (unpaired) electrons. The van der Waals surface area contributed by atoms with E-state index in [0.717, 1.165) is 71.6 Å². The molecule has 9 aromatic carbocycles. The number of aromatic nitrogens is 5. The minimum absolute atomic E-state index is 0.150. The summed E-state index contributed by atoms with van der Waals surface area (Å²) in [4.78, 5) is 15.0. The number of hydrogen-bond acceptors (Lipinski definition) is 3. The van der Waals surface area contributed by atoms with Crippen molar-refractivity contribution in [2.45, 2.75) is 0 Å². The first-order valence-corrected chi connectivity index (χ1v) is 20.2. The van der Waals surface area contributed by atoms with E-state index in [1.54, 1.807) is 0 Å². The van der Waals surface area contributed by atoms with Gasteiger partial charge in [-0.3, -0.25) is 4.57 Å². The Kier molecular flexibility index (Phi) is 6.49. The SMILES string of the molecule is [2H]c1c([2H])c([2H])c(-c2c([2H])c([2H])c(-c3nc(-c4ccccc4)nc(-n4c5ccccc5c5ccc6c7ccccc7n(-c7ccc(-c8ccccc8-c8ccccc8)cc7)c6c54)n3)c([2H])c2[2H])c([2H])c1[2H]. The number of fused-ring (bicyclic) bond motifs is 7. The third-order valence-corrected chi connectivity index (χ3v) is 11.4. The standard InChI is InChI=1S/C57H37N5/c1-4-16-38(17-5-1)39-28-30-43(31-29-39)56-58-55(42-20-8-3-9-21-42)59-57(60-56)62-52-27-15-13-25-48(52)50-37-36-49-47-24-12-14-26-51(47)61(53(49)54(50)62)44-34-32-41(33-35-44)46-23-11-10-22-45(46)40-18-6-2-7-19-40/h1-37H/i1D,4D,5D,16D,17D,28D,29D,30D,31D. The van der Waals surface area contributed by atoms with Crippen molar-refractivity contribution in [1.29, 1.82) is 0 Å². The Morgan fingerprint density at radius 2 is 0.790 bits per heavy atom. The van der Waals surface area contributed by atoms with Crippen LogP contribution in [0.2, 0.25) is 0 Å². The molecule has 0 aliphatic carbocycles. The van der Waals surface area contributed by atoms with Gasteiger partial charge in [-0.25, -0.2) is 4.98 Å². The number of rotatable bonds is 7. The minimum atomic E-state index is -0.655. The molecule has 0 amide bonds. The van der Waals surface area contributed by atoms with Gasteiger partial charge < -0.3 is 4.57 Å². The summed E-state index contributed by atoms with van der Waals surface area (Å²) in [5.74, 6) is 0.217. The molecule has 0 saturated heterocycles. The fourth-order valence-electron chi connectivity index (χ4n) is 8.59. The maximum atomic E-state index is 9.40. The first-order valence-electron chi connectivity index (χ1n) is 24.7. The highest BCUT2D eigenvalue weighted by atomic mass is 15.2. The zero-order valence-electron chi connectivity index (χ0n) is 41.9. The molecular formula is C57H37N5. The number of benzene rings is 9. The maximum Gasteiger partial charge on any atom is 0.238 e. The van der Waals surface area contributed by atoms with E-state index in [1.807, 2.05) is 89.5 Å². The second-order valence-corrected chi connectivity index (χ2v) is 14.9. The Morgan fingerprint density at radius 1 is 0.323 bits per heavy atom. The van der Waals surface area contributed by atoms with Crippen LogP contribution in [0.1, 0.15) is 12.3 Å². The molecule has 3 heterocycles. The Labute approximate surface area is 371 Å². The molecule has 5 nitrogen and oxygen atoms in total. The smallest absolute Gasteiger partial charge is 0.238 e. The molecule has 290 valence electrons. The van der Waals surface area contributed by atoms with Crippen LogP contribution >= 0.6 is 0 Å². The lowest BCUT2D eigenvalue weighted by Crippen LogP contribution is -2.07. The molecule has 5 heteroatoms. The van der Waals surface area contributed by atoms with Crippen LogP contribution in [0.4, 0.5) is 0 Å². The minimum Gasteiger partial charge on any atom is -0.307 e. The summed E-state index contributed by atoms with van der Waals surface area (Å²) < 4.78 is 83.4. The highest BCUT2D eigenvalue weighted by molar-refractivity contribution is 6.23. The number of para-hydroxylation sites is 2. The molecule has 0 bridgehead atoms. The zero-order valence-corrected chi connectivity index (χ0v) is 32.9. The average molecular weight is 801 g/mol. The number of hydrogen-bond donors (Lipinski definition) is 0. The van der Waals surface area contributed by atoms with Crippen molar-refractivity contribution in [3.05, 3.63) is 224 Å². The topological polar surface area (TPSA) is 48.5 Å². The van der Waals surface area contributed by atoms with Crippen molar-refractivity contribution in [1.82, 2.24) is 24.1 Å². The Morgan fingerprint density at radius 3 is 1.42 bits per heavy atom. The molecule has 12 rings (SSSR count). The van der Waals surface area contributed by atoms with E-state index in [9.17, 15) is 5.48 Å². The molecule has 0 aliphatic rings. The van der Waals surface area contributed by atoms with Crippen LogP contribution in [0, 0.1) is 0 Å². The molecule has 0 saturated carbocycles. The van der Waals surface area contributed by atoms with Gasteiger partial charge >= 0.3 is 0 Å². The second-order valence-electron chi connectivity index (χ2n) is 14.9. The molecule has 0 aliphatic heterocycles. The first-order chi connectivity index (χ1) is 34.5. The van der Waals surface area contributed by atoms with E-state index in [4.69, 9.17) is 21.8 Å². The third kappa shape index (κ3) is 5.90. The summed E-state index contributed by atoms with van der Waals surface area (Å²) in [5.41, 5.74) is 8.28. The fourth-order valence-corrected chi connectivity index (χ4v) is 8.59. The number of nitrogens with zero attached hydrogens (tertiary/aromatic N) is 5. The van der Waals surface area contributed by atoms with Gasteiger partial charge in [-0.1, -0.05) is 200 Å². The summed E-state index contributed by atoms with van der Waals surface area (Å²) in [6.07, 6.45) is 0. The second kappa shape index (κ2) is 14.7. The average Bonchev–Trinajstić information content (AvgIpc) is 3.94. The lowest BCUT2D eigenvalue weighted by atomic mass is 9.94. The van der Waals surface area contributed by atoms with Crippen LogP contribution < -0.4 is 0 Å². The van der Waals surface area contributed by atoms with E-state index in [0.29, 0.717) is 5.56 Å². The summed E-state index contributed by atoms with van der Waals surface area (Å²) in [7, 11) is 0. The Hall–Kier alpha value is -8.41. The molecule has 0 spiro atoms. The predicted octanol–water partition coefficient (Wildman–Crippen LogP) is 14.4. The lowest BCUT2D eigenvalue weighted by Gasteiger charge is -2.14. The summed E-state index contributed by atoms with van der Waals surface area (Å²) >= 11 is 0. The molecule has 3 aromatic heterocycles. The van der Waals surface area contributed by atoms with Crippen molar-refractivity contribution < 1.29 is 12.3 Å². The van der Waals surface area contributed by atoms with Gasteiger partial charge in [-0.05, 0) is 57.6 Å². The van der Waals surface area contributed by atoms with Crippen molar-refractivity contribution >= 4 is 43.6 Å². The van der Waals surface area contributed by atoms with Crippen molar-refractivity contribution in [3.8, 4) is 67.8 Å². The summed E-state index contributed by atoms with van der Waals surface area (Å²) in [6.45, 7) is 0. The third-order valence-electron chi connectivity index (χ3n) is 11.4. The first kappa shape index (κ1) is 27.4. The van der Waals surface area contributed by atoms with Gasteiger partial charge in [0.25, 0.3) is 0 Å². The largest absolute Gasteiger partial charge is 0.307 e. The maximum absolute atomic E-state index is 9.40. The van der Waals surface area contributed by atoms with Gasteiger partial charge in [0.15, 0.2) is 11.6 Å². The van der Waals surface area contributed by atoms with Crippen molar-refractivity contribution in [2.24, 2.45) is 0 Å². The van der Waals surface area contributed by atoms with Crippen LogP contribution in [-0.2, 0) is 0 Å². The molecular weight excluding hydrogens is 755 g/mol. The normalized spacial score (nSPS) is 13.6. The Bertz CT molecular complexity index is 4100. The van der Waals surface area contributed by atoms with E-state index < -0.39 is 65.5 Å². The molecule has 12 aromatic rings. The van der Waals surface area contributed by atoms with Gasteiger partial charge in [0.2, 0.25) is 5.95 Å². The van der Waals surface area contributed by atoms with Crippen molar-refractivity contribution in [2.75, 3.05) is 0 Å². The fraction of sp³-hybridized carbons (Fsp3) is 0.